The fourth-order valence-electron chi connectivity index (χ4n) is 1.40. The van der Waals surface area contributed by atoms with E-state index in [1.54, 1.807) is 4.68 Å². The summed E-state index contributed by atoms with van der Waals surface area (Å²) in [5, 5.41) is 4.18. The number of nitrogen functional groups attached to an aromatic ring is 1. The highest BCUT2D eigenvalue weighted by molar-refractivity contribution is 5.58. The van der Waals surface area contributed by atoms with Crippen LogP contribution in [0.4, 0.5) is 5.69 Å². The molecule has 1 aromatic heterocycles. The van der Waals surface area contributed by atoms with Crippen molar-refractivity contribution in [2.45, 2.75) is 6.92 Å². The lowest BCUT2D eigenvalue weighted by molar-refractivity contribution is 0.764. The van der Waals surface area contributed by atoms with Crippen molar-refractivity contribution in [1.82, 2.24) is 14.8 Å². The van der Waals surface area contributed by atoms with Crippen LogP contribution < -0.4 is 5.73 Å². The summed E-state index contributed by atoms with van der Waals surface area (Å²) in [6.45, 7) is 1.88. The molecule has 2 N–H and O–H groups in total. The number of hydrogen-bond acceptors (Lipinski definition) is 3. The zero-order valence-corrected chi connectivity index (χ0v) is 8.23. The molecule has 2 rings (SSSR count). The van der Waals surface area contributed by atoms with Gasteiger partial charge in [-0.15, -0.1) is 0 Å². The third-order valence-corrected chi connectivity index (χ3v) is 2.04. The van der Waals surface area contributed by atoms with Crippen molar-refractivity contribution in [2.75, 3.05) is 5.73 Å². The molecule has 14 heavy (non-hydrogen) atoms. The summed E-state index contributed by atoms with van der Waals surface area (Å²) in [7, 11) is 1.88. The maximum Gasteiger partial charge on any atom is 0.158 e. The third kappa shape index (κ3) is 1.46. The zero-order valence-electron chi connectivity index (χ0n) is 8.23. The van der Waals surface area contributed by atoms with Crippen LogP contribution in [-0.2, 0) is 7.05 Å². The first-order chi connectivity index (χ1) is 6.66. The molecule has 1 aromatic carbocycles. The second kappa shape index (κ2) is 3.14. The Morgan fingerprint density at radius 1 is 1.21 bits per heavy atom. The van der Waals surface area contributed by atoms with Crippen molar-refractivity contribution in [2.24, 2.45) is 7.05 Å². The van der Waals surface area contributed by atoms with Gasteiger partial charge >= 0.3 is 0 Å². The number of benzene rings is 1. The Hall–Kier alpha value is -1.84. The zero-order chi connectivity index (χ0) is 10.1. The second-order valence-corrected chi connectivity index (χ2v) is 3.23. The summed E-state index contributed by atoms with van der Waals surface area (Å²) in [6, 6.07) is 7.61. The van der Waals surface area contributed by atoms with Crippen LogP contribution in [0.1, 0.15) is 5.82 Å². The molecule has 0 aliphatic rings. The Morgan fingerprint density at radius 3 is 2.36 bits per heavy atom. The Labute approximate surface area is 82.4 Å². The molecule has 0 aliphatic carbocycles. The van der Waals surface area contributed by atoms with E-state index in [2.05, 4.69) is 10.1 Å². The average molecular weight is 188 g/mol. The van der Waals surface area contributed by atoms with E-state index in [0.29, 0.717) is 0 Å². The van der Waals surface area contributed by atoms with E-state index in [1.807, 2.05) is 38.2 Å². The van der Waals surface area contributed by atoms with Crippen LogP contribution >= 0.6 is 0 Å². The van der Waals surface area contributed by atoms with Gasteiger partial charge in [0.15, 0.2) is 5.82 Å². The van der Waals surface area contributed by atoms with E-state index in [4.69, 9.17) is 5.73 Å². The van der Waals surface area contributed by atoms with E-state index in [9.17, 15) is 0 Å². The number of aryl methyl sites for hydroxylation is 2. The molecule has 72 valence electrons. The highest BCUT2D eigenvalue weighted by Gasteiger charge is 2.05. The predicted octanol–water partition coefficient (Wildman–Crippen LogP) is 1.37. The van der Waals surface area contributed by atoms with Gasteiger partial charge in [0.05, 0.1) is 0 Å². The fraction of sp³-hybridized carbons (Fsp3) is 0.200. The van der Waals surface area contributed by atoms with Crippen LogP contribution in [0, 0.1) is 6.92 Å². The predicted molar refractivity (Wildman–Crippen MR) is 55.6 cm³/mol. The van der Waals surface area contributed by atoms with Gasteiger partial charge in [0, 0.05) is 18.3 Å². The molecular weight excluding hydrogens is 176 g/mol. The van der Waals surface area contributed by atoms with Crippen LogP contribution in [0.25, 0.3) is 11.4 Å². The number of nitrogens with two attached hydrogens (primary N) is 1. The molecule has 1 heterocycles. The molecule has 0 unspecified atom stereocenters. The maximum absolute atomic E-state index is 5.61. The molecule has 0 atom stereocenters. The van der Waals surface area contributed by atoms with Crippen LogP contribution in [0.5, 0.6) is 0 Å². The Bertz CT molecular complexity index is 442. The average Bonchev–Trinajstić information content (AvgIpc) is 2.47. The molecule has 4 nitrogen and oxygen atoms in total. The van der Waals surface area contributed by atoms with Gasteiger partial charge in [-0.25, -0.2) is 9.67 Å². The summed E-state index contributed by atoms with van der Waals surface area (Å²) in [4.78, 5) is 4.32. The van der Waals surface area contributed by atoms with Gasteiger partial charge < -0.3 is 5.73 Å². The standard InChI is InChI=1S/C10H12N4/c1-7-12-10(14(2)13-7)8-3-5-9(11)6-4-8/h3-6H,11H2,1-2H3. The minimum atomic E-state index is 0.757. The lowest BCUT2D eigenvalue weighted by Gasteiger charge is -1.99. The van der Waals surface area contributed by atoms with Crippen LogP contribution in [-0.4, -0.2) is 14.8 Å². The van der Waals surface area contributed by atoms with Gasteiger partial charge in [-0.3, -0.25) is 0 Å². The van der Waals surface area contributed by atoms with Crippen molar-refractivity contribution in [3.8, 4) is 11.4 Å². The first-order valence-corrected chi connectivity index (χ1v) is 4.40. The molecule has 0 radical (unpaired) electrons. The van der Waals surface area contributed by atoms with Crippen molar-refractivity contribution >= 4 is 5.69 Å². The van der Waals surface area contributed by atoms with E-state index < -0.39 is 0 Å². The van der Waals surface area contributed by atoms with E-state index in [-0.39, 0.29) is 0 Å². The molecule has 2 aromatic rings. The Balaban J connectivity index is 2.49. The first-order valence-electron chi connectivity index (χ1n) is 4.40. The molecule has 4 heteroatoms. The number of aromatic nitrogens is 3. The summed E-state index contributed by atoms with van der Waals surface area (Å²) >= 11 is 0. The lowest BCUT2D eigenvalue weighted by atomic mass is 10.2. The number of nitrogens with zero attached hydrogens (tertiary/aromatic N) is 3. The number of hydrogen-bond donors (Lipinski definition) is 1. The van der Waals surface area contributed by atoms with Gasteiger partial charge in [-0.1, -0.05) is 0 Å². The van der Waals surface area contributed by atoms with E-state index in [0.717, 1.165) is 22.9 Å². The van der Waals surface area contributed by atoms with E-state index in [1.165, 1.54) is 0 Å². The summed E-state index contributed by atoms with van der Waals surface area (Å²) in [5.74, 6) is 1.64. The molecule has 0 bridgehead atoms. The quantitative estimate of drug-likeness (QED) is 0.688. The highest BCUT2D eigenvalue weighted by Crippen LogP contribution is 2.17. The Kier molecular flexibility index (Phi) is 1.96. The van der Waals surface area contributed by atoms with Crippen LogP contribution in [0.2, 0.25) is 0 Å². The third-order valence-electron chi connectivity index (χ3n) is 2.04. The largest absolute Gasteiger partial charge is 0.399 e. The van der Waals surface area contributed by atoms with E-state index >= 15 is 0 Å². The van der Waals surface area contributed by atoms with Crippen molar-refractivity contribution in [3.05, 3.63) is 30.1 Å². The van der Waals surface area contributed by atoms with Crippen LogP contribution in [0.15, 0.2) is 24.3 Å². The van der Waals surface area contributed by atoms with Crippen molar-refractivity contribution in [1.29, 1.82) is 0 Å². The first kappa shape index (κ1) is 8.74. The molecule has 0 aliphatic heterocycles. The molecule has 0 fully saturated rings. The van der Waals surface area contributed by atoms with Crippen molar-refractivity contribution < 1.29 is 0 Å². The summed E-state index contributed by atoms with van der Waals surface area (Å²) in [5.41, 5.74) is 7.39. The summed E-state index contributed by atoms with van der Waals surface area (Å²) in [6.07, 6.45) is 0. The topological polar surface area (TPSA) is 56.7 Å². The van der Waals surface area contributed by atoms with Crippen LogP contribution in [0.3, 0.4) is 0 Å². The Morgan fingerprint density at radius 2 is 1.86 bits per heavy atom. The smallest absolute Gasteiger partial charge is 0.158 e. The van der Waals surface area contributed by atoms with Crippen molar-refractivity contribution in [3.63, 3.8) is 0 Å². The second-order valence-electron chi connectivity index (χ2n) is 3.23. The van der Waals surface area contributed by atoms with Gasteiger partial charge in [-0.05, 0) is 31.2 Å². The summed E-state index contributed by atoms with van der Waals surface area (Å²) < 4.78 is 1.76. The monoisotopic (exact) mass is 188 g/mol. The van der Waals surface area contributed by atoms with Gasteiger partial charge in [0.25, 0.3) is 0 Å². The highest BCUT2D eigenvalue weighted by atomic mass is 15.3. The lowest BCUT2D eigenvalue weighted by Crippen LogP contribution is -1.94. The minimum Gasteiger partial charge on any atom is -0.399 e. The molecule has 0 saturated heterocycles. The molecule has 0 saturated carbocycles. The van der Waals surface area contributed by atoms with Gasteiger partial charge in [0.2, 0.25) is 0 Å². The molecular formula is C10H12N4. The maximum atomic E-state index is 5.61. The minimum absolute atomic E-state index is 0.757. The number of anilines is 1. The molecule has 0 spiro atoms. The fourth-order valence-corrected chi connectivity index (χ4v) is 1.40. The SMILES string of the molecule is Cc1nc(-c2ccc(N)cc2)n(C)n1. The molecule has 0 amide bonds. The number of rotatable bonds is 1. The normalized spacial score (nSPS) is 10.4. The van der Waals surface area contributed by atoms with Gasteiger partial charge in [0.1, 0.15) is 5.82 Å². The van der Waals surface area contributed by atoms with Gasteiger partial charge in [-0.2, -0.15) is 5.10 Å².